The zero-order chi connectivity index (χ0) is 13.8. The number of aliphatic hydroxyl groups excluding tert-OH is 1. The molecule has 0 saturated carbocycles. The Kier molecular flexibility index (Phi) is 5.12. The summed E-state index contributed by atoms with van der Waals surface area (Å²) < 4.78 is 0. The van der Waals surface area contributed by atoms with Crippen LogP contribution < -0.4 is 4.90 Å². The maximum atomic E-state index is 9.60. The van der Waals surface area contributed by atoms with Gasteiger partial charge in [-0.05, 0) is 43.4 Å². The van der Waals surface area contributed by atoms with Crippen LogP contribution in [0.5, 0.6) is 0 Å². The van der Waals surface area contributed by atoms with Crippen LogP contribution in [0.4, 0.5) is 5.69 Å². The molecule has 1 heterocycles. The second-order valence-electron chi connectivity index (χ2n) is 5.60. The summed E-state index contributed by atoms with van der Waals surface area (Å²) in [6.07, 6.45) is 4.71. The molecular weight excluding hydrogens is 258 g/mol. The van der Waals surface area contributed by atoms with E-state index in [0.717, 1.165) is 24.6 Å². The highest BCUT2D eigenvalue weighted by atomic mass is 35.5. The quantitative estimate of drug-likeness (QED) is 0.884. The third kappa shape index (κ3) is 3.64. The molecule has 0 amide bonds. The van der Waals surface area contributed by atoms with Gasteiger partial charge in [-0.25, -0.2) is 0 Å². The Labute approximate surface area is 121 Å². The first-order valence-electron chi connectivity index (χ1n) is 7.34. The topological polar surface area (TPSA) is 23.5 Å². The number of nitrogens with zero attached hydrogens (tertiary/aromatic N) is 1. The van der Waals surface area contributed by atoms with Crippen molar-refractivity contribution in [1.29, 1.82) is 0 Å². The zero-order valence-electron chi connectivity index (χ0n) is 11.9. The van der Waals surface area contributed by atoms with Gasteiger partial charge >= 0.3 is 0 Å². The van der Waals surface area contributed by atoms with Gasteiger partial charge in [0, 0.05) is 23.8 Å². The van der Waals surface area contributed by atoms with E-state index >= 15 is 0 Å². The number of hydrogen-bond acceptors (Lipinski definition) is 2. The first kappa shape index (κ1) is 14.7. The summed E-state index contributed by atoms with van der Waals surface area (Å²) >= 11 is 6.24. The fourth-order valence-corrected chi connectivity index (χ4v) is 3.27. The average Bonchev–Trinajstić information content (AvgIpc) is 2.39. The molecule has 1 unspecified atom stereocenters. The number of piperidine rings is 1. The normalized spacial score (nSPS) is 18.6. The molecule has 1 aromatic rings. The van der Waals surface area contributed by atoms with E-state index in [1.54, 1.807) is 6.92 Å². The third-order valence-corrected chi connectivity index (χ3v) is 4.44. The number of benzene rings is 1. The molecule has 1 saturated heterocycles. The molecule has 1 aliphatic rings. The second kappa shape index (κ2) is 6.62. The van der Waals surface area contributed by atoms with Crippen molar-refractivity contribution in [2.75, 3.05) is 18.0 Å². The van der Waals surface area contributed by atoms with Crippen LogP contribution in [-0.2, 0) is 0 Å². The van der Waals surface area contributed by atoms with Crippen LogP contribution in [-0.4, -0.2) is 18.2 Å². The van der Waals surface area contributed by atoms with Crippen molar-refractivity contribution in [2.45, 2.75) is 45.6 Å². The minimum absolute atomic E-state index is 0.503. The maximum absolute atomic E-state index is 9.60. The average molecular weight is 282 g/mol. The third-order valence-electron chi connectivity index (χ3n) is 4.11. The zero-order valence-corrected chi connectivity index (χ0v) is 12.7. The van der Waals surface area contributed by atoms with E-state index in [1.165, 1.54) is 31.4 Å². The Morgan fingerprint density at radius 2 is 2.05 bits per heavy atom. The Balaban J connectivity index is 2.02. The first-order chi connectivity index (χ1) is 9.11. The summed E-state index contributed by atoms with van der Waals surface area (Å²) in [7, 11) is 0. The van der Waals surface area contributed by atoms with Gasteiger partial charge in [0.25, 0.3) is 0 Å². The summed E-state index contributed by atoms with van der Waals surface area (Å²) in [6.45, 7) is 6.25. The lowest BCUT2D eigenvalue weighted by Crippen LogP contribution is -2.33. The maximum Gasteiger partial charge on any atom is 0.0776 e. The smallest absolute Gasteiger partial charge is 0.0776 e. The molecule has 1 fully saturated rings. The Morgan fingerprint density at radius 3 is 2.58 bits per heavy atom. The predicted molar refractivity (Wildman–Crippen MR) is 81.9 cm³/mol. The highest BCUT2D eigenvalue weighted by molar-refractivity contribution is 6.31. The van der Waals surface area contributed by atoms with E-state index in [9.17, 15) is 5.11 Å². The molecule has 1 aliphatic heterocycles. The molecule has 106 valence electrons. The van der Waals surface area contributed by atoms with Crippen molar-refractivity contribution in [3.8, 4) is 0 Å². The number of rotatable bonds is 4. The molecule has 19 heavy (non-hydrogen) atoms. The molecule has 0 aromatic heterocycles. The van der Waals surface area contributed by atoms with E-state index in [1.807, 2.05) is 12.1 Å². The molecule has 3 heteroatoms. The molecule has 0 spiro atoms. The van der Waals surface area contributed by atoms with Crippen LogP contribution in [0.3, 0.4) is 0 Å². The molecule has 1 atom stereocenters. The van der Waals surface area contributed by atoms with Crippen LogP contribution in [0.25, 0.3) is 0 Å². The largest absolute Gasteiger partial charge is 0.389 e. The van der Waals surface area contributed by atoms with Crippen molar-refractivity contribution in [1.82, 2.24) is 0 Å². The van der Waals surface area contributed by atoms with Gasteiger partial charge in [-0.2, -0.15) is 0 Å². The van der Waals surface area contributed by atoms with Gasteiger partial charge in [-0.15, -0.1) is 0 Å². The first-order valence-corrected chi connectivity index (χ1v) is 7.72. The Bertz CT molecular complexity index is 411. The van der Waals surface area contributed by atoms with Gasteiger partial charge < -0.3 is 10.0 Å². The molecule has 0 radical (unpaired) electrons. The highest BCUT2D eigenvalue weighted by Crippen LogP contribution is 2.31. The standard InChI is InChI=1S/C16H24ClNO/c1-3-4-13-7-9-18(10-8-13)14-5-6-15(12(2)19)16(17)11-14/h5-6,11-13,19H,3-4,7-10H2,1-2H3. The van der Waals surface area contributed by atoms with Gasteiger partial charge in [0.2, 0.25) is 0 Å². The lowest BCUT2D eigenvalue weighted by molar-refractivity contribution is 0.199. The van der Waals surface area contributed by atoms with Crippen molar-refractivity contribution in [3.63, 3.8) is 0 Å². The van der Waals surface area contributed by atoms with E-state index in [0.29, 0.717) is 5.02 Å². The van der Waals surface area contributed by atoms with Crippen LogP contribution in [0.1, 0.15) is 51.2 Å². The van der Waals surface area contributed by atoms with Crippen molar-refractivity contribution >= 4 is 17.3 Å². The number of halogens is 1. The van der Waals surface area contributed by atoms with Gasteiger partial charge in [-0.3, -0.25) is 0 Å². The second-order valence-corrected chi connectivity index (χ2v) is 6.01. The molecule has 1 N–H and O–H groups in total. The monoisotopic (exact) mass is 281 g/mol. The SMILES string of the molecule is CCCC1CCN(c2ccc(C(C)O)c(Cl)c2)CC1. The number of anilines is 1. The fraction of sp³-hybridized carbons (Fsp3) is 0.625. The van der Waals surface area contributed by atoms with Gasteiger partial charge in [0.1, 0.15) is 0 Å². The molecule has 0 bridgehead atoms. The van der Waals surface area contributed by atoms with E-state index in [-0.39, 0.29) is 0 Å². The lowest BCUT2D eigenvalue weighted by Gasteiger charge is -2.34. The van der Waals surface area contributed by atoms with Crippen molar-refractivity contribution < 1.29 is 5.11 Å². The van der Waals surface area contributed by atoms with E-state index < -0.39 is 6.10 Å². The van der Waals surface area contributed by atoms with Crippen LogP contribution >= 0.6 is 11.6 Å². The summed E-state index contributed by atoms with van der Waals surface area (Å²) in [5, 5.41) is 10.3. The van der Waals surface area contributed by atoms with Crippen LogP contribution in [0.2, 0.25) is 5.02 Å². The molecule has 0 aliphatic carbocycles. The molecule has 1 aromatic carbocycles. The number of aliphatic hydroxyl groups is 1. The molecule has 2 rings (SSSR count). The Morgan fingerprint density at radius 1 is 1.37 bits per heavy atom. The predicted octanol–water partition coefficient (Wildman–Crippen LogP) is 4.41. The van der Waals surface area contributed by atoms with Gasteiger partial charge in [0.15, 0.2) is 0 Å². The summed E-state index contributed by atoms with van der Waals surface area (Å²) in [6, 6.07) is 6.01. The fourth-order valence-electron chi connectivity index (χ4n) is 2.94. The number of hydrogen-bond donors (Lipinski definition) is 1. The Hall–Kier alpha value is -0.730. The van der Waals surface area contributed by atoms with Crippen molar-refractivity contribution in [3.05, 3.63) is 28.8 Å². The minimum Gasteiger partial charge on any atom is -0.389 e. The lowest BCUT2D eigenvalue weighted by atomic mass is 9.92. The van der Waals surface area contributed by atoms with Crippen molar-refractivity contribution in [2.24, 2.45) is 5.92 Å². The van der Waals surface area contributed by atoms with E-state index in [4.69, 9.17) is 11.6 Å². The highest BCUT2D eigenvalue weighted by Gasteiger charge is 2.19. The minimum atomic E-state index is -0.503. The molecular formula is C16H24ClNO. The van der Waals surface area contributed by atoms with Crippen LogP contribution in [0, 0.1) is 5.92 Å². The summed E-state index contributed by atoms with van der Waals surface area (Å²) in [5.41, 5.74) is 2.00. The molecule has 2 nitrogen and oxygen atoms in total. The van der Waals surface area contributed by atoms with Gasteiger partial charge in [-0.1, -0.05) is 37.4 Å². The van der Waals surface area contributed by atoms with E-state index in [2.05, 4.69) is 17.9 Å². The summed E-state index contributed by atoms with van der Waals surface area (Å²) in [4.78, 5) is 2.41. The van der Waals surface area contributed by atoms with Crippen LogP contribution in [0.15, 0.2) is 18.2 Å². The van der Waals surface area contributed by atoms with Gasteiger partial charge in [0.05, 0.1) is 6.10 Å². The summed E-state index contributed by atoms with van der Waals surface area (Å²) in [5.74, 6) is 0.897.